The molecule has 144 valence electrons. The predicted octanol–water partition coefficient (Wildman–Crippen LogP) is 2.60. The van der Waals surface area contributed by atoms with Crippen molar-refractivity contribution in [1.82, 2.24) is 19.7 Å². The summed E-state index contributed by atoms with van der Waals surface area (Å²) in [5.41, 5.74) is 0.863. The van der Waals surface area contributed by atoms with Crippen LogP contribution in [-0.4, -0.2) is 32.3 Å². The Labute approximate surface area is 154 Å². The van der Waals surface area contributed by atoms with Gasteiger partial charge in [0.1, 0.15) is 5.69 Å². The molecule has 0 N–H and O–H groups in total. The van der Waals surface area contributed by atoms with Gasteiger partial charge in [0.2, 0.25) is 5.95 Å². The first-order chi connectivity index (χ1) is 12.9. The molecule has 4 rings (SSSR count). The van der Waals surface area contributed by atoms with Crippen molar-refractivity contribution < 1.29 is 13.2 Å². The van der Waals surface area contributed by atoms with Gasteiger partial charge in [-0.05, 0) is 50.2 Å². The fourth-order valence-electron chi connectivity index (χ4n) is 3.86. The Morgan fingerprint density at radius 3 is 2.81 bits per heavy atom. The molecule has 6 nitrogen and oxygen atoms in total. The molecule has 0 saturated carbocycles. The Kier molecular flexibility index (Phi) is 4.61. The van der Waals surface area contributed by atoms with Gasteiger partial charge >= 0.3 is 6.18 Å². The zero-order valence-corrected chi connectivity index (χ0v) is 14.7. The molecule has 2 aliphatic rings. The van der Waals surface area contributed by atoms with E-state index in [2.05, 4.69) is 15.1 Å². The molecule has 0 bridgehead atoms. The summed E-state index contributed by atoms with van der Waals surface area (Å²) in [5, 5.41) is 4.52. The summed E-state index contributed by atoms with van der Waals surface area (Å²) in [5.74, 6) is 0.0540. The molecule has 27 heavy (non-hydrogen) atoms. The molecular formula is C18H20F3N5O. The van der Waals surface area contributed by atoms with E-state index in [4.69, 9.17) is 0 Å². The SMILES string of the molecule is O=c1cc2c(nn1CC1CCCN1c1nccc(C(F)(F)F)n1)CCCC2. The van der Waals surface area contributed by atoms with E-state index in [0.29, 0.717) is 13.1 Å². The van der Waals surface area contributed by atoms with Crippen molar-refractivity contribution in [1.29, 1.82) is 0 Å². The Morgan fingerprint density at radius 1 is 1.19 bits per heavy atom. The number of anilines is 1. The zero-order chi connectivity index (χ0) is 19.0. The van der Waals surface area contributed by atoms with E-state index in [1.54, 1.807) is 11.0 Å². The van der Waals surface area contributed by atoms with Gasteiger partial charge in [0.25, 0.3) is 5.56 Å². The van der Waals surface area contributed by atoms with Gasteiger partial charge < -0.3 is 4.90 Å². The van der Waals surface area contributed by atoms with E-state index in [-0.39, 0.29) is 17.5 Å². The van der Waals surface area contributed by atoms with Gasteiger partial charge in [-0.3, -0.25) is 4.79 Å². The molecule has 0 aromatic carbocycles. The van der Waals surface area contributed by atoms with E-state index >= 15 is 0 Å². The molecule has 0 spiro atoms. The van der Waals surface area contributed by atoms with Crippen LogP contribution < -0.4 is 10.5 Å². The second kappa shape index (κ2) is 6.94. The first kappa shape index (κ1) is 17.9. The minimum atomic E-state index is -4.51. The van der Waals surface area contributed by atoms with Crippen LogP contribution >= 0.6 is 0 Å². The molecule has 1 aliphatic heterocycles. The molecule has 3 heterocycles. The molecule has 2 aromatic heterocycles. The van der Waals surface area contributed by atoms with Crippen LogP contribution in [0.5, 0.6) is 0 Å². The third kappa shape index (κ3) is 3.68. The van der Waals surface area contributed by atoms with Crippen LogP contribution in [0.25, 0.3) is 0 Å². The van der Waals surface area contributed by atoms with Gasteiger partial charge in [0.05, 0.1) is 18.3 Å². The Hall–Kier alpha value is -2.45. The lowest BCUT2D eigenvalue weighted by atomic mass is 9.97. The van der Waals surface area contributed by atoms with Crippen LogP contribution in [0.2, 0.25) is 0 Å². The normalized spacial score (nSPS) is 20.0. The number of fused-ring (bicyclic) bond motifs is 1. The highest BCUT2D eigenvalue weighted by molar-refractivity contribution is 5.34. The van der Waals surface area contributed by atoms with Gasteiger partial charge in [-0.25, -0.2) is 14.6 Å². The van der Waals surface area contributed by atoms with E-state index in [1.165, 1.54) is 4.68 Å². The number of aromatic nitrogens is 4. The van der Waals surface area contributed by atoms with E-state index < -0.39 is 11.9 Å². The molecule has 1 aliphatic carbocycles. The number of halogens is 3. The molecule has 1 saturated heterocycles. The molecule has 1 fully saturated rings. The van der Waals surface area contributed by atoms with Gasteiger partial charge in [-0.15, -0.1) is 0 Å². The number of aryl methyl sites for hydroxylation is 2. The molecule has 1 atom stereocenters. The van der Waals surface area contributed by atoms with Crippen LogP contribution in [0.15, 0.2) is 23.1 Å². The number of nitrogens with zero attached hydrogens (tertiary/aromatic N) is 5. The third-order valence-corrected chi connectivity index (χ3v) is 5.22. The number of rotatable bonds is 3. The van der Waals surface area contributed by atoms with Crippen LogP contribution in [0.1, 0.15) is 42.6 Å². The Morgan fingerprint density at radius 2 is 2.00 bits per heavy atom. The molecular weight excluding hydrogens is 359 g/mol. The average Bonchev–Trinajstić information content (AvgIpc) is 3.10. The predicted molar refractivity (Wildman–Crippen MR) is 92.5 cm³/mol. The van der Waals surface area contributed by atoms with Gasteiger partial charge in [0.15, 0.2) is 0 Å². The van der Waals surface area contributed by atoms with Crippen molar-refractivity contribution in [2.24, 2.45) is 0 Å². The lowest BCUT2D eigenvalue weighted by molar-refractivity contribution is -0.141. The highest BCUT2D eigenvalue weighted by Crippen LogP contribution is 2.30. The van der Waals surface area contributed by atoms with Crippen LogP contribution in [0.4, 0.5) is 19.1 Å². The highest BCUT2D eigenvalue weighted by atomic mass is 19.4. The summed E-state index contributed by atoms with van der Waals surface area (Å²) in [7, 11) is 0. The van der Waals surface area contributed by atoms with Crippen molar-refractivity contribution in [2.45, 2.75) is 57.3 Å². The van der Waals surface area contributed by atoms with Crippen molar-refractivity contribution >= 4 is 5.95 Å². The van der Waals surface area contributed by atoms with Crippen molar-refractivity contribution in [3.05, 3.63) is 45.6 Å². The number of alkyl halides is 3. The van der Waals surface area contributed by atoms with E-state index in [1.807, 2.05) is 0 Å². The van der Waals surface area contributed by atoms with Crippen LogP contribution in [-0.2, 0) is 25.6 Å². The topological polar surface area (TPSA) is 63.9 Å². The fourth-order valence-corrected chi connectivity index (χ4v) is 3.86. The highest BCUT2D eigenvalue weighted by Gasteiger charge is 2.35. The van der Waals surface area contributed by atoms with Gasteiger partial charge in [-0.2, -0.15) is 18.3 Å². The molecule has 0 amide bonds. The minimum absolute atomic E-state index is 0.0540. The molecule has 9 heteroatoms. The maximum Gasteiger partial charge on any atom is 0.433 e. The third-order valence-electron chi connectivity index (χ3n) is 5.22. The first-order valence-electron chi connectivity index (χ1n) is 9.18. The number of hydrogen-bond donors (Lipinski definition) is 0. The lowest BCUT2D eigenvalue weighted by Crippen LogP contribution is -2.38. The fraction of sp³-hybridized carbons (Fsp3) is 0.556. The minimum Gasteiger partial charge on any atom is -0.336 e. The quantitative estimate of drug-likeness (QED) is 0.820. The lowest BCUT2D eigenvalue weighted by Gasteiger charge is -2.26. The van der Waals surface area contributed by atoms with Gasteiger partial charge in [0, 0.05) is 18.8 Å². The van der Waals surface area contributed by atoms with E-state index in [0.717, 1.165) is 62.0 Å². The second-order valence-electron chi connectivity index (χ2n) is 7.07. The number of hydrogen-bond acceptors (Lipinski definition) is 5. The van der Waals surface area contributed by atoms with Crippen LogP contribution in [0, 0.1) is 0 Å². The smallest absolute Gasteiger partial charge is 0.336 e. The summed E-state index contributed by atoms with van der Waals surface area (Å²) < 4.78 is 40.3. The summed E-state index contributed by atoms with van der Waals surface area (Å²) in [6.45, 7) is 0.886. The van der Waals surface area contributed by atoms with E-state index in [9.17, 15) is 18.0 Å². The molecule has 2 aromatic rings. The molecule has 1 unspecified atom stereocenters. The van der Waals surface area contributed by atoms with Crippen molar-refractivity contribution in [3.8, 4) is 0 Å². The standard InChI is InChI=1S/C18H20F3N5O/c19-18(20,21)15-7-8-22-17(23-15)25-9-3-5-13(25)11-26-16(27)10-12-4-1-2-6-14(12)24-26/h7-8,10,13H,1-6,9,11H2. The van der Waals surface area contributed by atoms with Crippen LogP contribution in [0.3, 0.4) is 0 Å². The Bertz CT molecular complexity index is 895. The largest absolute Gasteiger partial charge is 0.433 e. The van der Waals surface area contributed by atoms with Gasteiger partial charge in [-0.1, -0.05) is 0 Å². The average molecular weight is 379 g/mol. The maximum atomic E-state index is 12.9. The first-order valence-corrected chi connectivity index (χ1v) is 9.18. The second-order valence-corrected chi connectivity index (χ2v) is 7.07. The monoisotopic (exact) mass is 379 g/mol. The Balaban J connectivity index is 1.59. The zero-order valence-electron chi connectivity index (χ0n) is 14.7. The van der Waals surface area contributed by atoms with Crippen molar-refractivity contribution in [3.63, 3.8) is 0 Å². The van der Waals surface area contributed by atoms with Crippen molar-refractivity contribution in [2.75, 3.05) is 11.4 Å². The maximum absolute atomic E-state index is 12.9. The summed E-state index contributed by atoms with van der Waals surface area (Å²) in [6, 6.07) is 2.37. The summed E-state index contributed by atoms with van der Waals surface area (Å²) in [4.78, 5) is 21.9. The summed E-state index contributed by atoms with van der Waals surface area (Å²) in [6.07, 6.45) is 2.06. The molecule has 0 radical (unpaired) electrons. The summed E-state index contributed by atoms with van der Waals surface area (Å²) >= 11 is 0.